The zero-order valence-corrected chi connectivity index (χ0v) is 13.1. The van der Waals surface area contributed by atoms with Crippen molar-refractivity contribution in [3.8, 4) is 0 Å². The maximum Gasteiger partial charge on any atom is 0.230 e. The Kier molecular flexibility index (Phi) is 4.59. The summed E-state index contributed by atoms with van der Waals surface area (Å²) in [7, 11) is 0. The van der Waals surface area contributed by atoms with Gasteiger partial charge in [-0.2, -0.15) is 0 Å². The Hall–Kier alpha value is -1.35. The summed E-state index contributed by atoms with van der Waals surface area (Å²) < 4.78 is 0. The number of hydrogen-bond donors (Lipinski definition) is 2. The minimum absolute atomic E-state index is 0.165. The average Bonchev–Trinajstić information content (AvgIpc) is 2.93. The Morgan fingerprint density at radius 3 is 3.00 bits per heavy atom. The first-order valence-electron chi connectivity index (χ1n) is 8.46. The van der Waals surface area contributed by atoms with Gasteiger partial charge in [0.25, 0.3) is 0 Å². The molecule has 1 amide bonds. The van der Waals surface area contributed by atoms with E-state index < -0.39 is 0 Å². The van der Waals surface area contributed by atoms with Crippen molar-refractivity contribution in [2.75, 3.05) is 25.0 Å². The number of likely N-dealkylation sites (tertiary alicyclic amines) is 1. The molecule has 114 valence electrons. The molecular weight excluding hydrogens is 260 g/mol. The van der Waals surface area contributed by atoms with Crippen LogP contribution in [0.4, 0.5) is 5.69 Å². The molecule has 3 nitrogen and oxygen atoms in total. The third-order valence-corrected chi connectivity index (χ3v) is 4.95. The summed E-state index contributed by atoms with van der Waals surface area (Å²) >= 11 is 0. The van der Waals surface area contributed by atoms with Crippen LogP contribution >= 0.6 is 0 Å². The van der Waals surface area contributed by atoms with Crippen LogP contribution in [0.3, 0.4) is 0 Å². The van der Waals surface area contributed by atoms with E-state index in [1.165, 1.54) is 49.9 Å². The molecule has 1 saturated heterocycles. The molecule has 3 heteroatoms. The average molecular weight is 287 g/mol. The van der Waals surface area contributed by atoms with Gasteiger partial charge in [-0.05, 0) is 55.4 Å². The standard InChI is InChI=1S/C18H26N2O/c1-14-4-3-10-20(13-14)11-9-18(21)19-17-8-7-15-5-2-6-16(15)12-17/h7-8,12,14H,2-6,9-11,13H2,1H3,(H,19,21)/p+1/t14-/m1/s1. The highest BCUT2D eigenvalue weighted by molar-refractivity contribution is 5.90. The highest BCUT2D eigenvalue weighted by Gasteiger charge is 2.20. The van der Waals surface area contributed by atoms with Gasteiger partial charge in [0.2, 0.25) is 5.91 Å². The number of aryl methyl sites for hydroxylation is 2. The normalized spacial score (nSPS) is 24.6. The number of rotatable bonds is 4. The number of fused-ring (bicyclic) bond motifs is 1. The minimum atomic E-state index is 0.165. The third kappa shape index (κ3) is 3.85. The minimum Gasteiger partial charge on any atom is -0.334 e. The van der Waals surface area contributed by atoms with Gasteiger partial charge in [-0.25, -0.2) is 0 Å². The van der Waals surface area contributed by atoms with Crippen molar-refractivity contribution in [1.29, 1.82) is 0 Å². The molecule has 1 aliphatic heterocycles. The molecule has 1 fully saturated rings. The van der Waals surface area contributed by atoms with Gasteiger partial charge in [0, 0.05) is 11.6 Å². The van der Waals surface area contributed by atoms with Gasteiger partial charge in [-0.15, -0.1) is 0 Å². The smallest absolute Gasteiger partial charge is 0.230 e. The van der Waals surface area contributed by atoms with E-state index in [0.29, 0.717) is 6.42 Å². The predicted octanol–water partition coefficient (Wildman–Crippen LogP) is 1.82. The summed E-state index contributed by atoms with van der Waals surface area (Å²) in [4.78, 5) is 13.7. The molecule has 2 atom stereocenters. The van der Waals surface area contributed by atoms with Gasteiger partial charge in [0.15, 0.2) is 0 Å². The second-order valence-corrected chi connectivity index (χ2v) is 6.84. The quantitative estimate of drug-likeness (QED) is 0.870. The Morgan fingerprint density at radius 1 is 1.29 bits per heavy atom. The fourth-order valence-electron chi connectivity index (χ4n) is 3.79. The number of carbonyl (C=O) groups is 1. The lowest BCUT2D eigenvalue weighted by atomic mass is 10.0. The maximum absolute atomic E-state index is 12.1. The molecule has 0 saturated carbocycles. The van der Waals surface area contributed by atoms with E-state index in [4.69, 9.17) is 0 Å². The van der Waals surface area contributed by atoms with Crippen molar-refractivity contribution in [2.24, 2.45) is 5.92 Å². The van der Waals surface area contributed by atoms with Crippen LogP contribution in [0.15, 0.2) is 18.2 Å². The lowest BCUT2D eigenvalue weighted by Crippen LogP contribution is -3.13. The molecule has 21 heavy (non-hydrogen) atoms. The number of piperidine rings is 1. The van der Waals surface area contributed by atoms with Crippen LogP contribution in [-0.4, -0.2) is 25.5 Å². The molecule has 2 N–H and O–H groups in total. The maximum atomic E-state index is 12.1. The second kappa shape index (κ2) is 6.61. The van der Waals surface area contributed by atoms with Gasteiger partial charge in [-0.1, -0.05) is 13.0 Å². The molecule has 0 bridgehead atoms. The topological polar surface area (TPSA) is 33.5 Å². The van der Waals surface area contributed by atoms with Gasteiger partial charge >= 0.3 is 0 Å². The van der Waals surface area contributed by atoms with Crippen LogP contribution in [0.25, 0.3) is 0 Å². The molecule has 1 heterocycles. The Balaban J connectivity index is 1.48. The first-order chi connectivity index (χ1) is 10.2. The molecular formula is C18H27N2O+. The van der Waals surface area contributed by atoms with Gasteiger partial charge in [0.05, 0.1) is 26.1 Å². The molecule has 1 aromatic rings. The molecule has 0 spiro atoms. The number of amides is 1. The summed E-state index contributed by atoms with van der Waals surface area (Å²) in [5, 5.41) is 3.07. The lowest BCUT2D eigenvalue weighted by Gasteiger charge is -2.27. The summed E-state index contributed by atoms with van der Waals surface area (Å²) in [6.07, 6.45) is 6.91. The van der Waals surface area contributed by atoms with Gasteiger partial charge in [0.1, 0.15) is 0 Å². The summed E-state index contributed by atoms with van der Waals surface area (Å²) in [5.41, 5.74) is 3.85. The first-order valence-corrected chi connectivity index (χ1v) is 8.46. The summed E-state index contributed by atoms with van der Waals surface area (Å²) in [5.74, 6) is 0.979. The number of benzene rings is 1. The zero-order chi connectivity index (χ0) is 14.7. The molecule has 3 rings (SSSR count). The van der Waals surface area contributed by atoms with E-state index in [1.54, 1.807) is 4.90 Å². The SMILES string of the molecule is C[C@@H]1CCC[NH+](CCC(=O)Nc2ccc3c(c2)CCC3)C1. The summed E-state index contributed by atoms with van der Waals surface area (Å²) in [6.45, 7) is 5.76. The van der Waals surface area contributed by atoms with Crippen LogP contribution in [0.1, 0.15) is 43.7 Å². The van der Waals surface area contributed by atoms with Crippen molar-refractivity contribution in [3.63, 3.8) is 0 Å². The number of quaternary nitrogens is 1. The first kappa shape index (κ1) is 14.6. The van der Waals surface area contributed by atoms with Crippen molar-refractivity contribution in [1.82, 2.24) is 0 Å². The predicted molar refractivity (Wildman–Crippen MR) is 85.7 cm³/mol. The fraction of sp³-hybridized carbons (Fsp3) is 0.611. The Morgan fingerprint density at radius 2 is 2.14 bits per heavy atom. The lowest BCUT2D eigenvalue weighted by molar-refractivity contribution is -0.907. The van der Waals surface area contributed by atoms with Crippen molar-refractivity contribution in [3.05, 3.63) is 29.3 Å². The van der Waals surface area contributed by atoms with Crippen LogP contribution in [0.5, 0.6) is 0 Å². The highest BCUT2D eigenvalue weighted by Crippen LogP contribution is 2.24. The molecule has 0 radical (unpaired) electrons. The van der Waals surface area contributed by atoms with Crippen LogP contribution in [0.2, 0.25) is 0 Å². The van der Waals surface area contributed by atoms with Crippen molar-refractivity contribution in [2.45, 2.75) is 45.4 Å². The van der Waals surface area contributed by atoms with Gasteiger partial charge < -0.3 is 10.2 Å². The molecule has 1 aliphatic carbocycles. The largest absolute Gasteiger partial charge is 0.334 e. The van der Waals surface area contributed by atoms with E-state index in [1.807, 2.05) is 0 Å². The zero-order valence-electron chi connectivity index (χ0n) is 13.1. The number of hydrogen-bond acceptors (Lipinski definition) is 1. The van der Waals surface area contributed by atoms with Crippen molar-refractivity contribution < 1.29 is 9.69 Å². The monoisotopic (exact) mass is 287 g/mol. The molecule has 0 aromatic heterocycles. The Bertz CT molecular complexity index is 512. The van der Waals surface area contributed by atoms with Gasteiger partial charge in [-0.3, -0.25) is 4.79 Å². The van der Waals surface area contributed by atoms with Crippen LogP contribution in [-0.2, 0) is 17.6 Å². The third-order valence-electron chi connectivity index (χ3n) is 4.95. The number of carbonyl (C=O) groups excluding carboxylic acids is 1. The number of nitrogens with one attached hydrogen (secondary N) is 2. The highest BCUT2D eigenvalue weighted by atomic mass is 16.1. The molecule has 2 aliphatic rings. The molecule has 1 aromatic carbocycles. The summed E-state index contributed by atoms with van der Waals surface area (Å²) in [6, 6.07) is 6.39. The van der Waals surface area contributed by atoms with E-state index in [9.17, 15) is 4.79 Å². The second-order valence-electron chi connectivity index (χ2n) is 6.84. The van der Waals surface area contributed by atoms with E-state index in [2.05, 4.69) is 30.4 Å². The van der Waals surface area contributed by atoms with Crippen molar-refractivity contribution >= 4 is 11.6 Å². The Labute approximate surface area is 127 Å². The number of anilines is 1. The van der Waals surface area contributed by atoms with Crippen LogP contribution in [0, 0.1) is 5.92 Å². The fourth-order valence-corrected chi connectivity index (χ4v) is 3.79. The molecule has 1 unspecified atom stereocenters. The van der Waals surface area contributed by atoms with E-state index >= 15 is 0 Å². The van der Waals surface area contributed by atoms with Crippen LogP contribution < -0.4 is 10.2 Å². The van der Waals surface area contributed by atoms with E-state index in [-0.39, 0.29) is 5.91 Å². The van der Waals surface area contributed by atoms with E-state index in [0.717, 1.165) is 24.6 Å².